The molecule has 2 rings (SSSR count). The van der Waals surface area contributed by atoms with Crippen LogP contribution in [-0.2, 0) is 5.41 Å². The molecule has 2 aromatic rings. The number of halogens is 1. The van der Waals surface area contributed by atoms with Gasteiger partial charge in [0.15, 0.2) is 0 Å². The summed E-state index contributed by atoms with van der Waals surface area (Å²) in [6.07, 6.45) is 1.75. The molecule has 5 heteroatoms. The van der Waals surface area contributed by atoms with Crippen LogP contribution in [0.5, 0.6) is 0 Å². The van der Waals surface area contributed by atoms with Crippen molar-refractivity contribution in [3.05, 3.63) is 35.2 Å². The SMILES string of the molecule is CCC(CC)(CN)c1nc(-c2ccc(Cl)cc2)no1. The van der Waals surface area contributed by atoms with Crippen LogP contribution >= 0.6 is 11.6 Å². The van der Waals surface area contributed by atoms with Crippen LogP contribution in [0.1, 0.15) is 32.6 Å². The Bertz CT molecular complexity index is 524. The molecule has 0 aliphatic heterocycles. The van der Waals surface area contributed by atoms with Crippen molar-refractivity contribution in [2.45, 2.75) is 32.1 Å². The van der Waals surface area contributed by atoms with E-state index in [0.29, 0.717) is 23.3 Å². The molecule has 0 atom stereocenters. The summed E-state index contributed by atoms with van der Waals surface area (Å²) in [6, 6.07) is 7.36. The highest BCUT2D eigenvalue weighted by atomic mass is 35.5. The van der Waals surface area contributed by atoms with E-state index in [1.807, 2.05) is 24.3 Å². The average molecular weight is 280 g/mol. The zero-order chi connectivity index (χ0) is 13.9. The molecule has 0 fully saturated rings. The molecule has 102 valence electrons. The zero-order valence-electron chi connectivity index (χ0n) is 11.2. The van der Waals surface area contributed by atoms with E-state index in [0.717, 1.165) is 18.4 Å². The predicted octanol–water partition coefficient (Wildman–Crippen LogP) is 3.41. The van der Waals surface area contributed by atoms with Crippen molar-refractivity contribution >= 4 is 11.6 Å². The van der Waals surface area contributed by atoms with Crippen molar-refractivity contribution in [3.8, 4) is 11.4 Å². The van der Waals surface area contributed by atoms with Gasteiger partial charge >= 0.3 is 0 Å². The number of nitrogens with zero attached hydrogens (tertiary/aromatic N) is 2. The average Bonchev–Trinajstić information content (AvgIpc) is 2.93. The molecule has 4 nitrogen and oxygen atoms in total. The van der Waals surface area contributed by atoms with Gasteiger partial charge in [-0.05, 0) is 37.1 Å². The minimum atomic E-state index is -0.225. The molecule has 1 heterocycles. The topological polar surface area (TPSA) is 64.9 Å². The van der Waals surface area contributed by atoms with Crippen LogP contribution < -0.4 is 5.73 Å². The number of rotatable bonds is 5. The molecular formula is C14H18ClN3O. The number of aromatic nitrogens is 2. The highest BCUT2D eigenvalue weighted by molar-refractivity contribution is 6.30. The zero-order valence-corrected chi connectivity index (χ0v) is 11.9. The third-order valence-corrected chi connectivity index (χ3v) is 3.98. The van der Waals surface area contributed by atoms with Gasteiger partial charge in [0.25, 0.3) is 0 Å². The second kappa shape index (κ2) is 5.72. The maximum absolute atomic E-state index is 5.88. The Morgan fingerprint density at radius 1 is 1.21 bits per heavy atom. The summed E-state index contributed by atoms with van der Waals surface area (Å²) in [5.41, 5.74) is 6.55. The molecule has 19 heavy (non-hydrogen) atoms. The maximum Gasteiger partial charge on any atom is 0.234 e. The van der Waals surface area contributed by atoms with E-state index >= 15 is 0 Å². The molecule has 1 aromatic heterocycles. The van der Waals surface area contributed by atoms with Crippen LogP contribution in [-0.4, -0.2) is 16.7 Å². The largest absolute Gasteiger partial charge is 0.338 e. The second-order valence-electron chi connectivity index (χ2n) is 4.62. The van der Waals surface area contributed by atoms with Crippen LogP contribution in [0.25, 0.3) is 11.4 Å². The van der Waals surface area contributed by atoms with Gasteiger partial charge < -0.3 is 10.3 Å². The van der Waals surface area contributed by atoms with Gasteiger partial charge in [0.05, 0.1) is 5.41 Å². The molecule has 0 unspecified atom stereocenters. The lowest BCUT2D eigenvalue weighted by molar-refractivity contribution is 0.267. The Kier molecular flexibility index (Phi) is 4.22. The smallest absolute Gasteiger partial charge is 0.234 e. The van der Waals surface area contributed by atoms with Gasteiger partial charge in [0.2, 0.25) is 11.7 Å². The van der Waals surface area contributed by atoms with Gasteiger partial charge in [-0.2, -0.15) is 4.98 Å². The molecule has 0 bridgehead atoms. The summed E-state index contributed by atoms with van der Waals surface area (Å²) in [4.78, 5) is 4.49. The second-order valence-corrected chi connectivity index (χ2v) is 5.06. The number of benzene rings is 1. The van der Waals surface area contributed by atoms with E-state index in [4.69, 9.17) is 21.9 Å². The first kappa shape index (κ1) is 14.0. The Morgan fingerprint density at radius 3 is 2.37 bits per heavy atom. The molecule has 0 spiro atoms. The Labute approximate surface area is 118 Å². The third-order valence-electron chi connectivity index (χ3n) is 3.73. The fraction of sp³-hybridized carbons (Fsp3) is 0.429. The minimum Gasteiger partial charge on any atom is -0.338 e. The highest BCUT2D eigenvalue weighted by Gasteiger charge is 2.33. The molecule has 0 amide bonds. The van der Waals surface area contributed by atoms with E-state index in [1.165, 1.54) is 0 Å². The maximum atomic E-state index is 5.88. The molecule has 0 saturated heterocycles. The van der Waals surface area contributed by atoms with Crippen LogP contribution in [0.15, 0.2) is 28.8 Å². The fourth-order valence-electron chi connectivity index (χ4n) is 2.08. The summed E-state index contributed by atoms with van der Waals surface area (Å²) in [6.45, 7) is 4.67. The van der Waals surface area contributed by atoms with Crippen LogP contribution in [0.3, 0.4) is 0 Å². The normalized spacial score (nSPS) is 11.8. The van der Waals surface area contributed by atoms with E-state index in [1.54, 1.807) is 0 Å². The number of hydrogen-bond donors (Lipinski definition) is 1. The van der Waals surface area contributed by atoms with Crippen LogP contribution in [0.4, 0.5) is 0 Å². The van der Waals surface area contributed by atoms with Crippen LogP contribution in [0, 0.1) is 0 Å². The Morgan fingerprint density at radius 2 is 1.84 bits per heavy atom. The van der Waals surface area contributed by atoms with Gasteiger partial charge in [0.1, 0.15) is 0 Å². The first-order valence-corrected chi connectivity index (χ1v) is 6.83. The Balaban J connectivity index is 2.35. The van der Waals surface area contributed by atoms with E-state index in [2.05, 4.69) is 24.0 Å². The van der Waals surface area contributed by atoms with E-state index < -0.39 is 0 Å². The first-order chi connectivity index (χ1) is 9.15. The summed E-state index contributed by atoms with van der Waals surface area (Å²) in [7, 11) is 0. The van der Waals surface area contributed by atoms with Crippen molar-refractivity contribution < 1.29 is 4.52 Å². The van der Waals surface area contributed by atoms with E-state index in [9.17, 15) is 0 Å². The lowest BCUT2D eigenvalue weighted by Crippen LogP contribution is -2.34. The van der Waals surface area contributed by atoms with Gasteiger partial charge in [-0.25, -0.2) is 0 Å². The molecule has 0 saturated carbocycles. The van der Waals surface area contributed by atoms with Gasteiger partial charge in [-0.1, -0.05) is 30.6 Å². The van der Waals surface area contributed by atoms with Crippen LogP contribution in [0.2, 0.25) is 5.02 Å². The summed E-state index contributed by atoms with van der Waals surface area (Å²) in [5, 5.41) is 4.73. The fourth-order valence-corrected chi connectivity index (χ4v) is 2.21. The molecule has 0 aliphatic rings. The van der Waals surface area contributed by atoms with Crippen molar-refractivity contribution in [2.75, 3.05) is 6.54 Å². The molecular weight excluding hydrogens is 262 g/mol. The molecule has 0 aliphatic carbocycles. The molecule has 2 N–H and O–H groups in total. The van der Waals surface area contributed by atoms with Gasteiger partial charge in [0, 0.05) is 17.1 Å². The highest BCUT2D eigenvalue weighted by Crippen LogP contribution is 2.30. The minimum absolute atomic E-state index is 0.225. The molecule has 0 radical (unpaired) electrons. The summed E-state index contributed by atoms with van der Waals surface area (Å²) in [5.74, 6) is 1.19. The third kappa shape index (κ3) is 2.65. The quantitative estimate of drug-likeness (QED) is 0.911. The Hall–Kier alpha value is -1.39. The summed E-state index contributed by atoms with van der Waals surface area (Å²) >= 11 is 5.86. The van der Waals surface area contributed by atoms with Gasteiger partial charge in [-0.15, -0.1) is 0 Å². The molecule has 1 aromatic carbocycles. The lowest BCUT2D eigenvalue weighted by Gasteiger charge is -2.24. The van der Waals surface area contributed by atoms with Crippen molar-refractivity contribution in [3.63, 3.8) is 0 Å². The summed E-state index contributed by atoms with van der Waals surface area (Å²) < 4.78 is 5.41. The predicted molar refractivity (Wildman–Crippen MR) is 76.1 cm³/mol. The lowest BCUT2D eigenvalue weighted by atomic mass is 9.82. The van der Waals surface area contributed by atoms with Gasteiger partial charge in [-0.3, -0.25) is 0 Å². The number of hydrogen-bond acceptors (Lipinski definition) is 4. The number of nitrogens with two attached hydrogens (primary N) is 1. The van der Waals surface area contributed by atoms with Crippen molar-refractivity contribution in [2.24, 2.45) is 5.73 Å². The van der Waals surface area contributed by atoms with Crippen molar-refractivity contribution in [1.82, 2.24) is 10.1 Å². The first-order valence-electron chi connectivity index (χ1n) is 6.45. The van der Waals surface area contributed by atoms with E-state index in [-0.39, 0.29) is 5.41 Å². The van der Waals surface area contributed by atoms with Crippen molar-refractivity contribution in [1.29, 1.82) is 0 Å². The standard InChI is InChI=1S/C14H18ClN3O/c1-3-14(4-2,9-16)13-17-12(18-19-13)10-5-7-11(15)8-6-10/h5-8H,3-4,9,16H2,1-2H3. The monoisotopic (exact) mass is 279 g/mol.